The van der Waals surface area contributed by atoms with Crippen LogP contribution >= 0.6 is 11.6 Å². The lowest BCUT2D eigenvalue weighted by Crippen LogP contribution is -2.55. The maximum absolute atomic E-state index is 12.5. The average molecular weight is 299 g/mol. The van der Waals surface area contributed by atoms with E-state index in [0.717, 1.165) is 5.69 Å². The van der Waals surface area contributed by atoms with E-state index >= 15 is 0 Å². The zero-order valence-corrected chi connectivity index (χ0v) is 12.7. The third kappa shape index (κ3) is 3.22. The van der Waals surface area contributed by atoms with E-state index in [1.807, 2.05) is 13.8 Å². The molecule has 1 unspecified atom stereocenters. The van der Waals surface area contributed by atoms with Crippen LogP contribution in [0.15, 0.2) is 17.1 Å². The van der Waals surface area contributed by atoms with Crippen molar-refractivity contribution in [2.24, 2.45) is 0 Å². The van der Waals surface area contributed by atoms with Crippen molar-refractivity contribution in [1.82, 2.24) is 9.88 Å². The molecule has 1 aliphatic rings. The Balaban J connectivity index is 2.26. The highest BCUT2D eigenvalue weighted by molar-refractivity contribution is 6.18. The van der Waals surface area contributed by atoms with Gasteiger partial charge >= 0.3 is 0 Å². The molecule has 20 heavy (non-hydrogen) atoms. The van der Waals surface area contributed by atoms with Crippen molar-refractivity contribution in [2.45, 2.75) is 32.5 Å². The molecule has 1 fully saturated rings. The topological polar surface area (TPSA) is 62.4 Å². The van der Waals surface area contributed by atoms with Crippen molar-refractivity contribution >= 4 is 17.5 Å². The van der Waals surface area contributed by atoms with E-state index in [1.165, 1.54) is 12.3 Å². The molecule has 1 saturated heterocycles. The number of nitrogens with one attached hydrogen (secondary N) is 1. The molecule has 0 bridgehead atoms. The molecular formula is C14H19ClN2O3. The van der Waals surface area contributed by atoms with Crippen LogP contribution < -0.4 is 5.43 Å². The number of hydrogen-bond donors (Lipinski definition) is 1. The van der Waals surface area contributed by atoms with Gasteiger partial charge in [0.05, 0.1) is 17.6 Å². The number of H-pyrrole nitrogens is 1. The van der Waals surface area contributed by atoms with Crippen LogP contribution in [0.2, 0.25) is 0 Å². The summed E-state index contributed by atoms with van der Waals surface area (Å²) in [6.07, 6.45) is 1.26. The highest BCUT2D eigenvalue weighted by Gasteiger charge is 2.36. The Bertz CT molecular complexity index is 568. The third-order valence-electron chi connectivity index (χ3n) is 3.23. The van der Waals surface area contributed by atoms with Gasteiger partial charge in [-0.25, -0.2) is 0 Å². The molecule has 2 heterocycles. The predicted octanol–water partition coefficient (Wildman–Crippen LogP) is 1.54. The number of ether oxygens (including phenoxy) is 1. The molecule has 2 rings (SSSR count). The first-order valence-corrected chi connectivity index (χ1v) is 7.08. The Morgan fingerprint density at radius 3 is 2.90 bits per heavy atom. The van der Waals surface area contributed by atoms with Gasteiger partial charge in [-0.05, 0) is 20.8 Å². The second-order valence-electron chi connectivity index (χ2n) is 5.73. The second kappa shape index (κ2) is 5.58. The SMILES string of the molecule is Cc1cc(=O)c(C(=O)N2CC(CCl)OC(C)(C)C2)c[nH]1. The Morgan fingerprint density at radius 1 is 1.60 bits per heavy atom. The molecule has 1 atom stereocenters. The Morgan fingerprint density at radius 2 is 2.30 bits per heavy atom. The first-order chi connectivity index (χ1) is 9.32. The fourth-order valence-corrected chi connectivity index (χ4v) is 2.60. The monoisotopic (exact) mass is 298 g/mol. The highest BCUT2D eigenvalue weighted by atomic mass is 35.5. The van der Waals surface area contributed by atoms with Crippen LogP contribution in [0.5, 0.6) is 0 Å². The molecule has 1 amide bonds. The molecule has 1 N–H and O–H groups in total. The van der Waals surface area contributed by atoms with Crippen molar-refractivity contribution in [1.29, 1.82) is 0 Å². The quantitative estimate of drug-likeness (QED) is 0.843. The summed E-state index contributed by atoms with van der Waals surface area (Å²) < 4.78 is 5.78. The lowest BCUT2D eigenvalue weighted by molar-refractivity contribution is -0.117. The van der Waals surface area contributed by atoms with E-state index in [4.69, 9.17) is 16.3 Å². The third-order valence-corrected chi connectivity index (χ3v) is 3.57. The molecule has 1 aliphatic heterocycles. The van der Waals surface area contributed by atoms with E-state index < -0.39 is 5.60 Å². The van der Waals surface area contributed by atoms with Crippen LogP contribution in [0, 0.1) is 6.92 Å². The minimum Gasteiger partial charge on any atom is -0.367 e. The van der Waals surface area contributed by atoms with Gasteiger partial charge in [0, 0.05) is 31.0 Å². The van der Waals surface area contributed by atoms with Crippen LogP contribution in [0.3, 0.4) is 0 Å². The van der Waals surface area contributed by atoms with Gasteiger partial charge in [0.1, 0.15) is 5.56 Å². The van der Waals surface area contributed by atoms with Gasteiger partial charge in [0.2, 0.25) is 0 Å². The normalized spacial score (nSPS) is 21.8. The molecule has 6 heteroatoms. The molecule has 0 saturated carbocycles. The van der Waals surface area contributed by atoms with Crippen molar-refractivity contribution in [3.05, 3.63) is 33.7 Å². The number of carbonyl (C=O) groups excluding carboxylic acids is 1. The summed E-state index contributed by atoms with van der Waals surface area (Å²) in [4.78, 5) is 28.9. The molecule has 0 aromatic carbocycles. The number of alkyl halides is 1. The lowest BCUT2D eigenvalue weighted by atomic mass is 10.0. The standard InChI is InChI=1S/C14H19ClN2O3/c1-9-4-12(18)11(6-16-9)13(19)17-7-10(5-15)20-14(2,3)8-17/h4,6,10H,5,7-8H2,1-3H3,(H,16,18). The van der Waals surface area contributed by atoms with E-state index in [0.29, 0.717) is 19.0 Å². The zero-order chi connectivity index (χ0) is 14.9. The summed E-state index contributed by atoms with van der Waals surface area (Å²) in [6.45, 7) is 6.43. The molecule has 0 spiro atoms. The van der Waals surface area contributed by atoms with Crippen LogP contribution in [0.1, 0.15) is 29.9 Å². The number of halogens is 1. The molecular weight excluding hydrogens is 280 g/mol. The summed E-state index contributed by atoms with van der Waals surface area (Å²) in [5, 5.41) is 0. The first-order valence-electron chi connectivity index (χ1n) is 6.55. The number of carbonyl (C=O) groups is 1. The molecule has 1 aromatic heterocycles. The second-order valence-corrected chi connectivity index (χ2v) is 6.04. The van der Waals surface area contributed by atoms with Gasteiger partial charge in [-0.3, -0.25) is 9.59 Å². The Kier molecular flexibility index (Phi) is 4.20. The number of aromatic nitrogens is 1. The summed E-state index contributed by atoms with van der Waals surface area (Å²) in [6, 6.07) is 1.43. The van der Waals surface area contributed by atoms with Gasteiger partial charge in [-0.1, -0.05) is 0 Å². The maximum atomic E-state index is 12.5. The number of morpholine rings is 1. The summed E-state index contributed by atoms with van der Waals surface area (Å²) in [5.74, 6) is 0.0371. The molecule has 110 valence electrons. The van der Waals surface area contributed by atoms with Gasteiger partial charge in [0.15, 0.2) is 5.43 Å². The van der Waals surface area contributed by atoms with Gasteiger partial charge in [-0.2, -0.15) is 0 Å². The lowest BCUT2D eigenvalue weighted by Gasteiger charge is -2.42. The number of nitrogens with zero attached hydrogens (tertiary/aromatic N) is 1. The largest absolute Gasteiger partial charge is 0.367 e. The van der Waals surface area contributed by atoms with Crippen molar-refractivity contribution in [3.63, 3.8) is 0 Å². The van der Waals surface area contributed by atoms with Crippen LogP contribution in [-0.2, 0) is 4.74 Å². The van der Waals surface area contributed by atoms with E-state index in [9.17, 15) is 9.59 Å². The molecule has 1 aromatic rings. The molecule has 0 aliphatic carbocycles. The zero-order valence-electron chi connectivity index (χ0n) is 11.9. The minimum atomic E-state index is -0.467. The van der Waals surface area contributed by atoms with Gasteiger partial charge in [0.25, 0.3) is 5.91 Å². The minimum absolute atomic E-state index is 0.154. The first kappa shape index (κ1) is 15.1. The number of rotatable bonds is 2. The summed E-state index contributed by atoms with van der Waals surface area (Å²) in [7, 11) is 0. The molecule has 5 nitrogen and oxygen atoms in total. The van der Waals surface area contributed by atoms with Crippen LogP contribution in [0.25, 0.3) is 0 Å². The number of amides is 1. The number of hydrogen-bond acceptors (Lipinski definition) is 3. The van der Waals surface area contributed by atoms with Crippen LogP contribution in [0.4, 0.5) is 0 Å². The average Bonchev–Trinajstić information content (AvgIpc) is 2.36. The van der Waals surface area contributed by atoms with Crippen molar-refractivity contribution in [2.75, 3.05) is 19.0 Å². The number of aryl methyl sites for hydroxylation is 1. The highest BCUT2D eigenvalue weighted by Crippen LogP contribution is 2.22. The summed E-state index contributed by atoms with van der Waals surface area (Å²) in [5.41, 5.74) is 0.150. The van der Waals surface area contributed by atoms with Gasteiger partial charge in [-0.15, -0.1) is 11.6 Å². The maximum Gasteiger partial charge on any atom is 0.259 e. The van der Waals surface area contributed by atoms with E-state index in [-0.39, 0.29) is 23.0 Å². The summed E-state index contributed by atoms with van der Waals surface area (Å²) >= 11 is 5.84. The molecule has 0 radical (unpaired) electrons. The number of aromatic amines is 1. The smallest absolute Gasteiger partial charge is 0.259 e. The number of pyridine rings is 1. The fraction of sp³-hybridized carbons (Fsp3) is 0.571. The van der Waals surface area contributed by atoms with Crippen LogP contribution in [-0.4, -0.2) is 46.5 Å². The van der Waals surface area contributed by atoms with Crippen molar-refractivity contribution in [3.8, 4) is 0 Å². The predicted molar refractivity (Wildman–Crippen MR) is 77.4 cm³/mol. The fourth-order valence-electron chi connectivity index (χ4n) is 2.44. The van der Waals surface area contributed by atoms with Crippen molar-refractivity contribution < 1.29 is 9.53 Å². The Labute approximate surface area is 122 Å². The van der Waals surface area contributed by atoms with Gasteiger partial charge < -0.3 is 14.6 Å². The van der Waals surface area contributed by atoms with E-state index in [1.54, 1.807) is 11.8 Å². The Hall–Kier alpha value is -1.33. The van der Waals surface area contributed by atoms with E-state index in [2.05, 4.69) is 4.98 Å².